The molecule has 0 fully saturated rings. The van der Waals surface area contributed by atoms with Crippen LogP contribution in [0.25, 0.3) is 5.69 Å². The summed E-state index contributed by atoms with van der Waals surface area (Å²) in [6.07, 6.45) is 3.25. The van der Waals surface area contributed by atoms with Crippen molar-refractivity contribution in [2.45, 2.75) is 25.9 Å². The third kappa shape index (κ3) is 5.64. The van der Waals surface area contributed by atoms with Crippen LogP contribution in [0.4, 0.5) is 8.78 Å². The summed E-state index contributed by atoms with van der Waals surface area (Å²) in [5, 5.41) is 9.69. The molecule has 30 heavy (non-hydrogen) atoms. The van der Waals surface area contributed by atoms with Crippen molar-refractivity contribution in [3.63, 3.8) is 0 Å². The van der Waals surface area contributed by atoms with Crippen LogP contribution in [0, 0.1) is 11.6 Å². The molecular formula is C22H22F2N2O4. The van der Waals surface area contributed by atoms with Gasteiger partial charge in [0.05, 0.1) is 17.9 Å². The Kier molecular flexibility index (Phi) is 6.47. The van der Waals surface area contributed by atoms with Crippen molar-refractivity contribution in [1.29, 1.82) is 0 Å². The molecule has 6 nitrogen and oxygen atoms in total. The Labute approximate surface area is 172 Å². The van der Waals surface area contributed by atoms with Gasteiger partial charge in [0.1, 0.15) is 12.4 Å². The van der Waals surface area contributed by atoms with Crippen LogP contribution >= 0.6 is 0 Å². The van der Waals surface area contributed by atoms with E-state index in [1.165, 1.54) is 41.2 Å². The summed E-state index contributed by atoms with van der Waals surface area (Å²) in [6.45, 7) is 3.20. The summed E-state index contributed by atoms with van der Waals surface area (Å²) in [7, 11) is 0. The maximum atomic E-state index is 14.4. The number of ether oxygens (including phenoxy) is 2. The van der Waals surface area contributed by atoms with Gasteiger partial charge in [-0.05, 0) is 43.7 Å². The molecule has 0 saturated carbocycles. The minimum absolute atomic E-state index is 0.0289. The second-order valence-electron chi connectivity index (χ2n) is 7.35. The molecule has 0 saturated heterocycles. The Morgan fingerprint density at radius 1 is 1.10 bits per heavy atom. The predicted octanol–water partition coefficient (Wildman–Crippen LogP) is 3.28. The number of benzene rings is 2. The Balaban J connectivity index is 1.71. The number of aromatic nitrogens is 2. The third-order valence-electron chi connectivity index (χ3n) is 4.13. The molecule has 0 aliphatic carbocycles. The van der Waals surface area contributed by atoms with Gasteiger partial charge in [-0.25, -0.2) is 13.8 Å². The molecule has 0 amide bonds. The molecular weight excluding hydrogens is 394 g/mol. The van der Waals surface area contributed by atoms with Gasteiger partial charge in [0.2, 0.25) is 0 Å². The van der Waals surface area contributed by atoms with E-state index in [9.17, 15) is 18.7 Å². The fourth-order valence-corrected chi connectivity index (χ4v) is 2.62. The van der Waals surface area contributed by atoms with Crippen LogP contribution in [0.1, 0.15) is 19.4 Å². The van der Waals surface area contributed by atoms with Crippen LogP contribution in [0.5, 0.6) is 11.6 Å². The first-order valence-electron chi connectivity index (χ1n) is 9.33. The maximum absolute atomic E-state index is 14.4. The zero-order valence-electron chi connectivity index (χ0n) is 16.6. The van der Waals surface area contributed by atoms with Crippen LogP contribution in [0.2, 0.25) is 0 Å². The van der Waals surface area contributed by atoms with E-state index in [2.05, 4.69) is 4.98 Å². The van der Waals surface area contributed by atoms with Gasteiger partial charge in [-0.2, -0.15) is 0 Å². The van der Waals surface area contributed by atoms with E-state index in [0.29, 0.717) is 6.42 Å². The molecule has 0 radical (unpaired) electrons. The lowest BCUT2D eigenvalue weighted by molar-refractivity contribution is 0.0272. The van der Waals surface area contributed by atoms with Crippen LogP contribution in [-0.2, 0) is 6.42 Å². The van der Waals surface area contributed by atoms with Crippen LogP contribution in [0.3, 0.4) is 0 Å². The highest BCUT2D eigenvalue weighted by Gasteiger charge is 2.16. The number of hydrogen-bond donors (Lipinski definition) is 1. The summed E-state index contributed by atoms with van der Waals surface area (Å²) in [5.74, 6) is -1.14. The van der Waals surface area contributed by atoms with E-state index < -0.39 is 17.0 Å². The minimum atomic E-state index is -1.10. The molecule has 3 aromatic rings. The average Bonchev–Trinajstić information content (AvgIpc) is 2.69. The number of halogens is 2. The van der Waals surface area contributed by atoms with Crippen LogP contribution in [0.15, 0.2) is 59.7 Å². The fourth-order valence-electron chi connectivity index (χ4n) is 2.62. The Hall–Kier alpha value is -3.26. The van der Waals surface area contributed by atoms with Gasteiger partial charge in [0.15, 0.2) is 11.6 Å². The van der Waals surface area contributed by atoms with E-state index in [-0.39, 0.29) is 36.3 Å². The lowest BCUT2D eigenvalue weighted by Gasteiger charge is -2.18. The first-order chi connectivity index (χ1) is 14.2. The maximum Gasteiger partial charge on any atom is 0.317 e. The highest BCUT2D eigenvalue weighted by atomic mass is 19.1. The van der Waals surface area contributed by atoms with Crippen molar-refractivity contribution in [3.05, 3.63) is 82.4 Å². The molecule has 2 aromatic carbocycles. The monoisotopic (exact) mass is 416 g/mol. The smallest absolute Gasteiger partial charge is 0.317 e. The normalized spacial score (nSPS) is 11.4. The van der Waals surface area contributed by atoms with Crippen molar-refractivity contribution in [2.24, 2.45) is 0 Å². The summed E-state index contributed by atoms with van der Waals surface area (Å²) in [6, 6.07) is 10.0. The molecule has 3 rings (SSSR count). The first kappa shape index (κ1) is 21.4. The molecule has 1 aromatic heterocycles. The van der Waals surface area contributed by atoms with Crippen molar-refractivity contribution < 1.29 is 23.4 Å². The van der Waals surface area contributed by atoms with E-state index in [1.807, 2.05) is 0 Å². The number of hydrogen-bond acceptors (Lipinski definition) is 5. The summed E-state index contributed by atoms with van der Waals surface area (Å²) in [5.41, 5.74) is -0.510. The number of rotatable bonds is 8. The second kappa shape index (κ2) is 9.04. The Morgan fingerprint density at radius 3 is 2.50 bits per heavy atom. The standard InChI is InChI=1S/C22H22F2N2O4/c1-22(2,28)14-30-19-8-7-17(13-18(19)24)26-11-10-25-20(21(26)27)29-12-9-15-3-5-16(23)6-4-15/h3-8,10-11,13,28H,9,12,14H2,1-2H3. The summed E-state index contributed by atoms with van der Waals surface area (Å²) < 4.78 is 39.3. The van der Waals surface area contributed by atoms with Gasteiger partial charge in [-0.3, -0.25) is 9.36 Å². The molecule has 1 heterocycles. The molecule has 0 atom stereocenters. The number of nitrogens with zero attached hydrogens (tertiary/aromatic N) is 2. The average molecular weight is 416 g/mol. The number of aliphatic hydroxyl groups is 1. The van der Waals surface area contributed by atoms with E-state index in [4.69, 9.17) is 9.47 Å². The fraction of sp³-hybridized carbons (Fsp3) is 0.273. The molecule has 0 spiro atoms. The predicted molar refractivity (Wildman–Crippen MR) is 107 cm³/mol. The zero-order chi connectivity index (χ0) is 21.7. The van der Waals surface area contributed by atoms with Crippen LogP contribution in [-0.4, -0.2) is 33.5 Å². The van der Waals surface area contributed by atoms with Gasteiger partial charge in [-0.1, -0.05) is 12.1 Å². The van der Waals surface area contributed by atoms with Crippen molar-refractivity contribution in [2.75, 3.05) is 13.2 Å². The highest BCUT2D eigenvalue weighted by molar-refractivity contribution is 5.39. The summed E-state index contributed by atoms with van der Waals surface area (Å²) in [4.78, 5) is 16.6. The summed E-state index contributed by atoms with van der Waals surface area (Å²) >= 11 is 0. The first-order valence-corrected chi connectivity index (χ1v) is 9.33. The molecule has 0 unspecified atom stereocenters. The second-order valence-corrected chi connectivity index (χ2v) is 7.35. The van der Waals surface area contributed by atoms with Gasteiger partial charge < -0.3 is 14.6 Å². The lowest BCUT2D eigenvalue weighted by atomic mass is 10.2. The molecule has 0 aliphatic rings. The van der Waals surface area contributed by atoms with Crippen molar-refractivity contribution in [3.8, 4) is 17.3 Å². The lowest BCUT2D eigenvalue weighted by Crippen LogP contribution is -2.28. The van der Waals surface area contributed by atoms with Gasteiger partial charge in [0, 0.05) is 24.9 Å². The molecule has 158 valence electrons. The van der Waals surface area contributed by atoms with Gasteiger partial charge in [-0.15, -0.1) is 0 Å². The topological polar surface area (TPSA) is 73.6 Å². The molecule has 0 bridgehead atoms. The quantitative estimate of drug-likeness (QED) is 0.610. The largest absolute Gasteiger partial charge is 0.488 e. The van der Waals surface area contributed by atoms with Crippen molar-refractivity contribution >= 4 is 0 Å². The van der Waals surface area contributed by atoms with E-state index in [0.717, 1.165) is 11.6 Å². The van der Waals surface area contributed by atoms with E-state index >= 15 is 0 Å². The SMILES string of the molecule is CC(C)(O)COc1ccc(-n2ccnc(OCCc3ccc(F)cc3)c2=O)cc1F. The third-order valence-corrected chi connectivity index (χ3v) is 4.13. The van der Waals surface area contributed by atoms with Gasteiger partial charge in [0.25, 0.3) is 5.88 Å². The van der Waals surface area contributed by atoms with Crippen LogP contribution < -0.4 is 15.0 Å². The minimum Gasteiger partial charge on any atom is -0.488 e. The zero-order valence-corrected chi connectivity index (χ0v) is 16.6. The van der Waals surface area contributed by atoms with Crippen molar-refractivity contribution in [1.82, 2.24) is 9.55 Å². The van der Waals surface area contributed by atoms with E-state index in [1.54, 1.807) is 26.0 Å². The molecule has 0 aliphatic heterocycles. The molecule has 1 N–H and O–H groups in total. The molecule has 8 heteroatoms. The Morgan fingerprint density at radius 2 is 1.83 bits per heavy atom. The van der Waals surface area contributed by atoms with Gasteiger partial charge >= 0.3 is 5.56 Å². The Bertz CT molecular complexity index is 1060. The highest BCUT2D eigenvalue weighted by Crippen LogP contribution is 2.21.